The standard InChI is InChI=1S/C20H19NO4S/c1-12-18(20-24-13(2)25-20)17(11-16-5-4-10-26-16)19(22)21(12)14-6-8-15(23-3)9-7-14/h4-11,13,20H,1-3H3/b17-11-. The first-order valence-electron chi connectivity index (χ1n) is 8.34. The van der Waals surface area contributed by atoms with E-state index >= 15 is 0 Å². The second-order valence-electron chi connectivity index (χ2n) is 6.08. The molecule has 1 amide bonds. The van der Waals surface area contributed by atoms with E-state index in [1.54, 1.807) is 23.3 Å². The smallest absolute Gasteiger partial charge is 0.263 e. The number of carbonyl (C=O) groups excluding carboxylic acids is 1. The molecule has 0 atom stereocenters. The number of allylic oxidation sites excluding steroid dienone is 1. The fourth-order valence-corrected chi connectivity index (χ4v) is 3.85. The van der Waals surface area contributed by atoms with Crippen molar-refractivity contribution in [3.8, 4) is 5.75 Å². The van der Waals surface area contributed by atoms with Crippen molar-refractivity contribution in [1.29, 1.82) is 0 Å². The quantitative estimate of drug-likeness (QED) is 0.759. The van der Waals surface area contributed by atoms with Crippen LogP contribution in [0.2, 0.25) is 0 Å². The van der Waals surface area contributed by atoms with Gasteiger partial charge in [-0.1, -0.05) is 6.07 Å². The molecule has 0 saturated carbocycles. The summed E-state index contributed by atoms with van der Waals surface area (Å²) in [5, 5.41) is 1.99. The number of amides is 1. The van der Waals surface area contributed by atoms with Gasteiger partial charge >= 0.3 is 0 Å². The Bertz CT molecular complexity index is 877. The van der Waals surface area contributed by atoms with Crippen molar-refractivity contribution in [2.75, 3.05) is 12.0 Å². The van der Waals surface area contributed by atoms with Crippen LogP contribution in [-0.2, 0) is 14.3 Å². The van der Waals surface area contributed by atoms with Crippen LogP contribution in [0.4, 0.5) is 5.69 Å². The highest BCUT2D eigenvalue weighted by molar-refractivity contribution is 7.10. The molecule has 4 rings (SSSR count). The summed E-state index contributed by atoms with van der Waals surface area (Å²) in [7, 11) is 1.62. The molecule has 2 aliphatic heterocycles. The number of thiophene rings is 1. The average Bonchev–Trinajstić information content (AvgIpc) is 3.20. The molecule has 0 bridgehead atoms. The minimum atomic E-state index is -0.511. The Kier molecular flexibility index (Phi) is 4.40. The van der Waals surface area contributed by atoms with Gasteiger partial charge in [-0.3, -0.25) is 9.69 Å². The number of benzene rings is 1. The average molecular weight is 369 g/mol. The van der Waals surface area contributed by atoms with Gasteiger partial charge < -0.3 is 14.2 Å². The summed E-state index contributed by atoms with van der Waals surface area (Å²) in [4.78, 5) is 15.9. The maximum Gasteiger partial charge on any atom is 0.263 e. The number of ether oxygens (including phenoxy) is 3. The van der Waals surface area contributed by atoms with E-state index in [0.29, 0.717) is 5.57 Å². The van der Waals surface area contributed by atoms with Crippen molar-refractivity contribution in [3.63, 3.8) is 0 Å². The third kappa shape index (κ3) is 2.86. The largest absolute Gasteiger partial charge is 0.497 e. The molecule has 1 aromatic carbocycles. The zero-order valence-corrected chi connectivity index (χ0v) is 15.6. The number of anilines is 1. The molecule has 3 heterocycles. The summed E-state index contributed by atoms with van der Waals surface area (Å²) >= 11 is 1.59. The lowest BCUT2D eigenvalue weighted by Gasteiger charge is -2.35. The van der Waals surface area contributed by atoms with Gasteiger partial charge in [-0.2, -0.15) is 0 Å². The number of carbonyl (C=O) groups is 1. The van der Waals surface area contributed by atoms with Crippen molar-refractivity contribution >= 4 is 29.0 Å². The summed E-state index contributed by atoms with van der Waals surface area (Å²) in [6.45, 7) is 3.76. The minimum absolute atomic E-state index is 0.0807. The first-order chi connectivity index (χ1) is 12.6. The van der Waals surface area contributed by atoms with E-state index in [-0.39, 0.29) is 12.2 Å². The van der Waals surface area contributed by atoms with Crippen LogP contribution in [0.15, 0.2) is 58.6 Å². The third-order valence-electron chi connectivity index (χ3n) is 4.48. The highest BCUT2D eigenvalue weighted by Gasteiger charge is 2.42. The zero-order chi connectivity index (χ0) is 18.3. The van der Waals surface area contributed by atoms with Gasteiger partial charge in [0.05, 0.1) is 12.7 Å². The molecule has 1 aromatic heterocycles. The molecule has 26 heavy (non-hydrogen) atoms. The molecule has 0 unspecified atom stereocenters. The maximum atomic E-state index is 13.2. The molecule has 6 heteroatoms. The van der Waals surface area contributed by atoms with Gasteiger partial charge in [0.1, 0.15) is 5.75 Å². The second kappa shape index (κ2) is 6.72. The van der Waals surface area contributed by atoms with E-state index in [4.69, 9.17) is 14.2 Å². The minimum Gasteiger partial charge on any atom is -0.497 e. The number of methoxy groups -OCH3 is 1. The first kappa shape index (κ1) is 17.0. The van der Waals surface area contributed by atoms with Crippen LogP contribution in [0.1, 0.15) is 18.7 Å². The van der Waals surface area contributed by atoms with Crippen molar-refractivity contribution in [2.45, 2.75) is 26.4 Å². The summed E-state index contributed by atoms with van der Waals surface area (Å²) in [6.07, 6.45) is 1.14. The highest BCUT2D eigenvalue weighted by atomic mass is 32.1. The van der Waals surface area contributed by atoms with Gasteiger partial charge in [0.25, 0.3) is 5.91 Å². The second-order valence-corrected chi connectivity index (χ2v) is 7.06. The normalized spacial score (nSPS) is 24.3. The highest BCUT2D eigenvalue weighted by Crippen LogP contribution is 2.41. The number of hydrogen-bond donors (Lipinski definition) is 0. The predicted molar refractivity (Wildman–Crippen MR) is 101 cm³/mol. The number of hydrogen-bond acceptors (Lipinski definition) is 5. The van der Waals surface area contributed by atoms with Crippen LogP contribution in [0, 0.1) is 0 Å². The summed E-state index contributed by atoms with van der Waals surface area (Å²) in [6, 6.07) is 11.4. The maximum absolute atomic E-state index is 13.2. The third-order valence-corrected chi connectivity index (χ3v) is 5.29. The van der Waals surface area contributed by atoms with Crippen molar-refractivity contribution < 1.29 is 19.0 Å². The summed E-state index contributed by atoms with van der Waals surface area (Å²) in [5.41, 5.74) is 3.00. The summed E-state index contributed by atoms with van der Waals surface area (Å²) < 4.78 is 16.6. The van der Waals surface area contributed by atoms with Gasteiger partial charge in [-0.15, -0.1) is 11.3 Å². The van der Waals surface area contributed by atoms with E-state index in [9.17, 15) is 4.79 Å². The molecule has 0 spiro atoms. The van der Waals surface area contributed by atoms with E-state index in [1.165, 1.54) is 0 Å². The molecule has 0 N–H and O–H groups in total. The van der Waals surface area contributed by atoms with Crippen molar-refractivity contribution in [1.82, 2.24) is 0 Å². The van der Waals surface area contributed by atoms with Gasteiger partial charge in [0.15, 0.2) is 12.6 Å². The Balaban J connectivity index is 1.76. The lowest BCUT2D eigenvalue weighted by atomic mass is 10.1. The van der Waals surface area contributed by atoms with Crippen LogP contribution in [0.5, 0.6) is 5.75 Å². The molecule has 5 nitrogen and oxygen atoms in total. The Hall–Kier alpha value is -2.41. The number of nitrogens with zero attached hydrogens (tertiary/aromatic N) is 1. The monoisotopic (exact) mass is 369 g/mol. The molecular formula is C20H19NO4S. The van der Waals surface area contributed by atoms with Crippen LogP contribution < -0.4 is 9.64 Å². The molecule has 2 aliphatic rings. The van der Waals surface area contributed by atoms with E-state index in [1.807, 2.05) is 61.7 Å². The topological polar surface area (TPSA) is 48.0 Å². The van der Waals surface area contributed by atoms with Crippen LogP contribution in [-0.4, -0.2) is 25.6 Å². The van der Waals surface area contributed by atoms with E-state index in [2.05, 4.69) is 0 Å². The molecule has 1 saturated heterocycles. The fraction of sp³-hybridized carbons (Fsp3) is 0.250. The van der Waals surface area contributed by atoms with Gasteiger partial charge in [-0.25, -0.2) is 0 Å². The van der Waals surface area contributed by atoms with Gasteiger partial charge in [0, 0.05) is 21.8 Å². The van der Waals surface area contributed by atoms with Crippen LogP contribution in [0.3, 0.4) is 0 Å². The van der Waals surface area contributed by atoms with Gasteiger partial charge in [-0.05, 0) is 55.6 Å². The Morgan fingerprint density at radius 3 is 2.50 bits per heavy atom. The molecule has 0 radical (unpaired) electrons. The number of rotatable bonds is 4. The summed E-state index contributed by atoms with van der Waals surface area (Å²) in [5.74, 6) is 0.666. The van der Waals surface area contributed by atoms with E-state index in [0.717, 1.165) is 27.6 Å². The Morgan fingerprint density at radius 1 is 1.19 bits per heavy atom. The predicted octanol–water partition coefficient (Wildman–Crippen LogP) is 4.18. The fourth-order valence-electron chi connectivity index (χ4n) is 3.19. The molecule has 2 aromatic rings. The SMILES string of the molecule is COc1ccc(N2C(=O)/C(=C\c3cccs3)C(C3OC(C)O3)=C2C)cc1. The van der Waals surface area contributed by atoms with Gasteiger partial charge in [0.2, 0.25) is 0 Å². The van der Waals surface area contributed by atoms with E-state index < -0.39 is 6.29 Å². The lowest BCUT2D eigenvalue weighted by Crippen LogP contribution is -2.40. The molecular weight excluding hydrogens is 350 g/mol. The van der Waals surface area contributed by atoms with Crippen LogP contribution >= 0.6 is 11.3 Å². The molecule has 1 fully saturated rings. The Morgan fingerprint density at radius 2 is 1.92 bits per heavy atom. The first-order valence-corrected chi connectivity index (χ1v) is 9.22. The molecule has 134 valence electrons. The Labute approximate surface area is 156 Å². The van der Waals surface area contributed by atoms with Crippen molar-refractivity contribution in [3.05, 3.63) is 63.5 Å². The van der Waals surface area contributed by atoms with Crippen LogP contribution in [0.25, 0.3) is 6.08 Å². The lowest BCUT2D eigenvalue weighted by molar-refractivity contribution is -0.358. The van der Waals surface area contributed by atoms with Crippen molar-refractivity contribution in [2.24, 2.45) is 0 Å². The zero-order valence-electron chi connectivity index (χ0n) is 14.8. The molecule has 0 aliphatic carbocycles.